The van der Waals surface area contributed by atoms with Crippen molar-refractivity contribution >= 4 is 5.95 Å². The first-order valence-corrected chi connectivity index (χ1v) is 5.66. The Morgan fingerprint density at radius 1 is 1.44 bits per heavy atom. The summed E-state index contributed by atoms with van der Waals surface area (Å²) in [5.41, 5.74) is 5.54. The molecule has 0 aliphatic carbocycles. The van der Waals surface area contributed by atoms with Gasteiger partial charge >= 0.3 is 0 Å². The van der Waals surface area contributed by atoms with Gasteiger partial charge in [-0.15, -0.1) is 0 Å². The van der Waals surface area contributed by atoms with Crippen LogP contribution in [0, 0.1) is 0 Å². The van der Waals surface area contributed by atoms with Crippen molar-refractivity contribution in [3.05, 3.63) is 5.89 Å². The van der Waals surface area contributed by atoms with Gasteiger partial charge in [-0.2, -0.15) is 4.98 Å². The summed E-state index contributed by atoms with van der Waals surface area (Å²) in [6.07, 6.45) is 3.36. The SMILES string of the molecule is COC(CN)c1nc(N2CCCCC2)no1. The number of hydrogen-bond acceptors (Lipinski definition) is 6. The van der Waals surface area contributed by atoms with Crippen molar-refractivity contribution in [1.82, 2.24) is 10.1 Å². The molecule has 1 aromatic rings. The summed E-state index contributed by atoms with van der Waals surface area (Å²) in [6, 6.07) is 0. The van der Waals surface area contributed by atoms with Crippen LogP contribution < -0.4 is 10.6 Å². The van der Waals surface area contributed by atoms with E-state index in [2.05, 4.69) is 15.0 Å². The Morgan fingerprint density at radius 2 is 2.19 bits per heavy atom. The van der Waals surface area contributed by atoms with Gasteiger partial charge in [-0.1, -0.05) is 0 Å². The van der Waals surface area contributed by atoms with Crippen molar-refractivity contribution in [3.8, 4) is 0 Å². The Balaban J connectivity index is 2.05. The molecule has 0 spiro atoms. The second-order valence-electron chi connectivity index (χ2n) is 3.94. The first-order chi connectivity index (χ1) is 7.85. The van der Waals surface area contributed by atoms with Crippen LogP contribution in [0.25, 0.3) is 0 Å². The van der Waals surface area contributed by atoms with Crippen LogP contribution in [-0.2, 0) is 4.74 Å². The van der Waals surface area contributed by atoms with E-state index in [9.17, 15) is 0 Å². The number of rotatable bonds is 4. The maximum absolute atomic E-state index is 5.54. The second-order valence-corrected chi connectivity index (χ2v) is 3.94. The lowest BCUT2D eigenvalue weighted by molar-refractivity contribution is 0.0804. The summed E-state index contributed by atoms with van der Waals surface area (Å²) in [5, 5.41) is 3.96. The lowest BCUT2D eigenvalue weighted by Gasteiger charge is -2.24. The highest BCUT2D eigenvalue weighted by atomic mass is 16.5. The number of nitrogens with two attached hydrogens (primary N) is 1. The fraction of sp³-hybridized carbons (Fsp3) is 0.800. The Morgan fingerprint density at radius 3 is 2.81 bits per heavy atom. The smallest absolute Gasteiger partial charge is 0.266 e. The topological polar surface area (TPSA) is 77.4 Å². The predicted molar refractivity (Wildman–Crippen MR) is 59.2 cm³/mol. The van der Waals surface area contributed by atoms with Crippen LogP contribution in [0.2, 0.25) is 0 Å². The maximum Gasteiger partial charge on any atom is 0.266 e. The molecule has 1 aliphatic heterocycles. The number of aromatic nitrogens is 2. The summed E-state index contributed by atoms with van der Waals surface area (Å²) in [5.74, 6) is 1.12. The molecule has 2 rings (SSSR count). The van der Waals surface area contributed by atoms with E-state index in [4.69, 9.17) is 15.0 Å². The average molecular weight is 226 g/mol. The standard InChI is InChI=1S/C10H18N4O2/c1-15-8(7-11)9-12-10(13-16-9)14-5-3-2-4-6-14/h8H,2-7,11H2,1H3. The number of nitrogens with zero attached hydrogens (tertiary/aromatic N) is 3. The summed E-state index contributed by atoms with van der Waals surface area (Å²) in [7, 11) is 1.59. The number of hydrogen-bond donors (Lipinski definition) is 1. The van der Waals surface area contributed by atoms with Crippen LogP contribution in [-0.4, -0.2) is 36.9 Å². The van der Waals surface area contributed by atoms with Gasteiger partial charge < -0.3 is 19.9 Å². The van der Waals surface area contributed by atoms with Crippen molar-refractivity contribution < 1.29 is 9.26 Å². The minimum atomic E-state index is -0.300. The molecule has 16 heavy (non-hydrogen) atoms. The van der Waals surface area contributed by atoms with E-state index in [1.807, 2.05) is 0 Å². The minimum Gasteiger partial charge on any atom is -0.370 e. The normalized spacial score (nSPS) is 18.8. The van der Waals surface area contributed by atoms with Gasteiger partial charge in [0.05, 0.1) is 0 Å². The largest absolute Gasteiger partial charge is 0.370 e. The molecular formula is C10H18N4O2. The predicted octanol–water partition coefficient (Wildman–Crippen LogP) is 0.706. The van der Waals surface area contributed by atoms with E-state index in [-0.39, 0.29) is 6.10 Å². The van der Waals surface area contributed by atoms with Gasteiger partial charge in [0, 0.05) is 26.7 Å². The molecule has 1 unspecified atom stereocenters. The van der Waals surface area contributed by atoms with Gasteiger partial charge in [0.25, 0.3) is 11.8 Å². The highest BCUT2D eigenvalue weighted by Crippen LogP contribution is 2.19. The fourth-order valence-electron chi connectivity index (χ4n) is 1.88. The minimum absolute atomic E-state index is 0.300. The molecule has 1 fully saturated rings. The van der Waals surface area contributed by atoms with Crippen LogP contribution in [0.1, 0.15) is 31.3 Å². The molecular weight excluding hydrogens is 208 g/mol. The first-order valence-electron chi connectivity index (χ1n) is 5.66. The fourth-order valence-corrected chi connectivity index (χ4v) is 1.88. The van der Waals surface area contributed by atoms with Gasteiger partial charge in [0.1, 0.15) is 6.10 Å². The molecule has 2 heterocycles. The molecule has 6 heteroatoms. The molecule has 6 nitrogen and oxygen atoms in total. The third-order valence-corrected chi connectivity index (χ3v) is 2.84. The number of piperidine rings is 1. The molecule has 0 saturated carbocycles. The van der Waals surface area contributed by atoms with Crippen LogP contribution >= 0.6 is 0 Å². The molecule has 1 saturated heterocycles. The molecule has 1 atom stereocenters. The number of methoxy groups -OCH3 is 1. The third-order valence-electron chi connectivity index (χ3n) is 2.84. The van der Waals surface area contributed by atoms with Crippen LogP contribution in [0.15, 0.2) is 4.52 Å². The van der Waals surface area contributed by atoms with Crippen LogP contribution in [0.3, 0.4) is 0 Å². The highest BCUT2D eigenvalue weighted by Gasteiger charge is 2.20. The van der Waals surface area contributed by atoms with Crippen molar-refractivity contribution in [2.45, 2.75) is 25.4 Å². The zero-order valence-corrected chi connectivity index (χ0v) is 9.56. The number of anilines is 1. The van der Waals surface area contributed by atoms with Gasteiger partial charge in [0.15, 0.2) is 0 Å². The average Bonchev–Trinajstić information content (AvgIpc) is 2.81. The lowest BCUT2D eigenvalue weighted by Crippen LogP contribution is -2.30. The molecule has 0 bridgehead atoms. The van der Waals surface area contributed by atoms with Crippen molar-refractivity contribution in [2.24, 2.45) is 5.73 Å². The van der Waals surface area contributed by atoms with E-state index in [0.29, 0.717) is 18.4 Å². The van der Waals surface area contributed by atoms with Gasteiger partial charge in [0.2, 0.25) is 0 Å². The number of ether oxygens (including phenoxy) is 1. The Hall–Kier alpha value is -1.14. The Labute approximate surface area is 94.7 Å². The van der Waals surface area contributed by atoms with Crippen LogP contribution in [0.5, 0.6) is 0 Å². The quantitative estimate of drug-likeness (QED) is 0.814. The molecule has 0 amide bonds. The molecule has 90 valence electrons. The zero-order chi connectivity index (χ0) is 11.4. The first kappa shape index (κ1) is 11.3. The summed E-state index contributed by atoms with van der Waals surface area (Å²) in [6.45, 7) is 2.34. The molecule has 0 radical (unpaired) electrons. The Kier molecular flexibility index (Phi) is 3.74. The molecule has 2 N–H and O–H groups in total. The maximum atomic E-state index is 5.54. The summed E-state index contributed by atoms with van der Waals surface area (Å²) < 4.78 is 10.3. The summed E-state index contributed by atoms with van der Waals surface area (Å²) in [4.78, 5) is 6.46. The van der Waals surface area contributed by atoms with Crippen molar-refractivity contribution in [1.29, 1.82) is 0 Å². The monoisotopic (exact) mass is 226 g/mol. The van der Waals surface area contributed by atoms with E-state index in [0.717, 1.165) is 13.1 Å². The zero-order valence-electron chi connectivity index (χ0n) is 9.56. The third kappa shape index (κ3) is 2.33. The molecule has 1 aromatic heterocycles. The molecule has 0 aromatic carbocycles. The van der Waals surface area contributed by atoms with Crippen molar-refractivity contribution in [2.75, 3.05) is 31.6 Å². The Bertz CT molecular complexity index is 318. The highest BCUT2D eigenvalue weighted by molar-refractivity contribution is 5.28. The van der Waals surface area contributed by atoms with E-state index >= 15 is 0 Å². The second kappa shape index (κ2) is 5.27. The van der Waals surface area contributed by atoms with Crippen molar-refractivity contribution in [3.63, 3.8) is 0 Å². The van der Waals surface area contributed by atoms with E-state index in [1.165, 1.54) is 19.3 Å². The summed E-state index contributed by atoms with van der Waals surface area (Å²) >= 11 is 0. The van der Waals surface area contributed by atoms with E-state index < -0.39 is 0 Å². The van der Waals surface area contributed by atoms with E-state index in [1.54, 1.807) is 7.11 Å². The van der Waals surface area contributed by atoms with Gasteiger partial charge in [-0.25, -0.2) is 0 Å². The van der Waals surface area contributed by atoms with Gasteiger partial charge in [-0.3, -0.25) is 0 Å². The lowest BCUT2D eigenvalue weighted by atomic mass is 10.1. The molecule has 1 aliphatic rings. The van der Waals surface area contributed by atoms with Gasteiger partial charge in [-0.05, 0) is 24.4 Å². The van der Waals surface area contributed by atoms with Crippen LogP contribution in [0.4, 0.5) is 5.95 Å².